The Bertz CT molecular complexity index is 1280. The number of thioether (sulfide) groups is 1. The molecule has 1 aromatic carbocycles. The van der Waals surface area contributed by atoms with E-state index in [0.717, 1.165) is 29.9 Å². The highest BCUT2D eigenvalue weighted by Gasteiger charge is 2.22. The molecule has 0 N–H and O–H groups in total. The van der Waals surface area contributed by atoms with Crippen molar-refractivity contribution < 1.29 is 4.74 Å². The fraction of sp³-hybridized carbons (Fsp3) is 0.273. The summed E-state index contributed by atoms with van der Waals surface area (Å²) in [4.78, 5) is 19.2. The Hall–Kier alpha value is -3.17. The van der Waals surface area contributed by atoms with Crippen LogP contribution in [0.15, 0.2) is 64.7 Å². The monoisotopic (exact) mass is 434 g/mol. The van der Waals surface area contributed by atoms with Crippen LogP contribution in [0.25, 0.3) is 11.3 Å². The average molecular weight is 435 g/mol. The molecule has 31 heavy (non-hydrogen) atoms. The molecule has 0 unspecified atom stereocenters. The van der Waals surface area contributed by atoms with Crippen LogP contribution in [-0.2, 0) is 10.5 Å². The molecule has 5 rings (SSSR count). The maximum absolute atomic E-state index is 12.4. The van der Waals surface area contributed by atoms with Crippen LogP contribution in [0.4, 0.5) is 5.95 Å². The third kappa shape index (κ3) is 4.06. The highest BCUT2D eigenvalue weighted by Crippen LogP contribution is 2.29. The molecule has 0 atom stereocenters. The number of hydrogen-bond donors (Lipinski definition) is 0. The highest BCUT2D eigenvalue weighted by atomic mass is 32.2. The first kappa shape index (κ1) is 19.8. The first-order valence-corrected chi connectivity index (χ1v) is 11.1. The lowest BCUT2D eigenvalue weighted by Gasteiger charge is -2.28. The molecule has 4 aromatic rings. The number of nitrogens with zero attached hydrogens (tertiary/aromatic N) is 6. The van der Waals surface area contributed by atoms with E-state index in [-0.39, 0.29) is 5.56 Å². The van der Waals surface area contributed by atoms with Gasteiger partial charge in [0.1, 0.15) is 5.65 Å². The van der Waals surface area contributed by atoms with Gasteiger partial charge in [0.25, 0.3) is 5.56 Å². The van der Waals surface area contributed by atoms with Gasteiger partial charge in [-0.2, -0.15) is 0 Å². The van der Waals surface area contributed by atoms with E-state index < -0.39 is 0 Å². The summed E-state index contributed by atoms with van der Waals surface area (Å²) in [6.45, 7) is 4.97. The second-order valence-corrected chi connectivity index (χ2v) is 8.30. The van der Waals surface area contributed by atoms with Crippen LogP contribution >= 0.6 is 11.8 Å². The van der Waals surface area contributed by atoms with E-state index in [9.17, 15) is 4.79 Å². The molecule has 0 aliphatic carbocycles. The van der Waals surface area contributed by atoms with Crippen molar-refractivity contribution in [3.8, 4) is 5.69 Å². The number of aromatic nitrogens is 5. The molecule has 158 valence electrons. The Morgan fingerprint density at radius 1 is 1.06 bits per heavy atom. The van der Waals surface area contributed by atoms with Crippen LogP contribution in [0, 0.1) is 6.92 Å². The van der Waals surface area contributed by atoms with Crippen molar-refractivity contribution in [2.45, 2.75) is 17.8 Å². The second kappa shape index (κ2) is 8.52. The van der Waals surface area contributed by atoms with Crippen LogP contribution in [0.5, 0.6) is 0 Å². The SMILES string of the molecule is Cc1cccc(-n2c(SCc3cc(=O)n4ccccc4n3)nnc2N2CCOCC2)c1. The predicted molar refractivity (Wildman–Crippen MR) is 120 cm³/mol. The smallest absolute Gasteiger partial charge is 0.258 e. The highest BCUT2D eigenvalue weighted by molar-refractivity contribution is 7.98. The molecule has 1 fully saturated rings. The van der Waals surface area contributed by atoms with E-state index in [1.165, 1.54) is 17.3 Å². The van der Waals surface area contributed by atoms with Crippen molar-refractivity contribution >= 4 is 23.4 Å². The van der Waals surface area contributed by atoms with Gasteiger partial charge >= 0.3 is 0 Å². The number of fused-ring (bicyclic) bond motifs is 1. The second-order valence-electron chi connectivity index (χ2n) is 7.36. The van der Waals surface area contributed by atoms with Crippen LogP contribution in [0.2, 0.25) is 0 Å². The molecule has 1 saturated heterocycles. The van der Waals surface area contributed by atoms with Crippen molar-refractivity contribution in [3.05, 3.63) is 76.3 Å². The number of morpholine rings is 1. The molecular formula is C22H22N6O2S. The van der Waals surface area contributed by atoms with E-state index in [0.29, 0.717) is 30.3 Å². The Labute approximate surface area is 183 Å². The predicted octanol–water partition coefficient (Wildman–Crippen LogP) is 2.71. The Morgan fingerprint density at radius 2 is 1.94 bits per heavy atom. The van der Waals surface area contributed by atoms with Crippen molar-refractivity contribution in [2.24, 2.45) is 0 Å². The summed E-state index contributed by atoms with van der Waals surface area (Å²) >= 11 is 1.52. The first-order valence-electron chi connectivity index (χ1n) is 10.1. The molecule has 9 heteroatoms. The third-order valence-corrected chi connectivity index (χ3v) is 6.11. The van der Waals surface area contributed by atoms with E-state index in [1.54, 1.807) is 16.7 Å². The van der Waals surface area contributed by atoms with Gasteiger partial charge in [-0.25, -0.2) is 4.98 Å². The Kier molecular flexibility index (Phi) is 5.44. The number of anilines is 1. The number of pyridine rings is 1. The fourth-order valence-electron chi connectivity index (χ4n) is 3.63. The summed E-state index contributed by atoms with van der Waals surface area (Å²) in [5.41, 5.74) is 3.45. The summed E-state index contributed by atoms with van der Waals surface area (Å²) in [6, 6.07) is 15.4. The lowest BCUT2D eigenvalue weighted by Crippen LogP contribution is -2.37. The number of rotatable bonds is 5. The van der Waals surface area contributed by atoms with Gasteiger partial charge in [-0.1, -0.05) is 30.0 Å². The molecule has 0 spiro atoms. The number of hydrogen-bond acceptors (Lipinski definition) is 7. The topological polar surface area (TPSA) is 77.5 Å². The molecule has 0 bridgehead atoms. The van der Waals surface area contributed by atoms with Gasteiger partial charge in [-0.05, 0) is 36.8 Å². The number of benzene rings is 1. The molecule has 0 radical (unpaired) electrons. The van der Waals surface area contributed by atoms with Crippen molar-refractivity contribution in [2.75, 3.05) is 31.2 Å². The largest absolute Gasteiger partial charge is 0.378 e. The minimum absolute atomic E-state index is 0.0876. The maximum atomic E-state index is 12.4. The maximum Gasteiger partial charge on any atom is 0.258 e. The van der Waals surface area contributed by atoms with Gasteiger partial charge in [0.05, 0.1) is 24.6 Å². The van der Waals surface area contributed by atoms with E-state index in [1.807, 2.05) is 24.3 Å². The standard InChI is InChI=1S/C22H22N6O2S/c1-16-5-4-6-18(13-16)28-21(26-9-11-30-12-10-26)24-25-22(28)31-15-17-14-20(29)27-8-3-2-7-19(27)23-17/h2-8,13-14H,9-12,15H2,1H3. The van der Waals surface area contributed by atoms with Crippen LogP contribution < -0.4 is 10.5 Å². The summed E-state index contributed by atoms with van der Waals surface area (Å²) < 4.78 is 9.12. The minimum atomic E-state index is -0.0876. The lowest BCUT2D eigenvalue weighted by atomic mass is 10.2. The van der Waals surface area contributed by atoms with E-state index >= 15 is 0 Å². The van der Waals surface area contributed by atoms with E-state index in [2.05, 4.69) is 49.8 Å². The summed E-state index contributed by atoms with van der Waals surface area (Å²) in [5, 5.41) is 9.75. The van der Waals surface area contributed by atoms with Crippen molar-refractivity contribution in [3.63, 3.8) is 0 Å². The quantitative estimate of drug-likeness (QED) is 0.447. The molecule has 1 aliphatic heterocycles. The Balaban J connectivity index is 1.49. The van der Waals surface area contributed by atoms with Crippen molar-refractivity contribution in [1.82, 2.24) is 24.1 Å². The van der Waals surface area contributed by atoms with Gasteiger partial charge in [-0.15, -0.1) is 10.2 Å². The zero-order chi connectivity index (χ0) is 21.2. The molecule has 1 aliphatic rings. The molecule has 4 heterocycles. The molecule has 8 nitrogen and oxygen atoms in total. The fourth-order valence-corrected chi connectivity index (χ4v) is 4.47. The third-order valence-electron chi connectivity index (χ3n) is 5.14. The zero-order valence-corrected chi connectivity index (χ0v) is 18.0. The molecule has 0 amide bonds. The van der Waals surface area contributed by atoms with Crippen LogP contribution in [-0.4, -0.2) is 50.5 Å². The number of ether oxygens (including phenoxy) is 1. The van der Waals surface area contributed by atoms with E-state index in [4.69, 9.17) is 4.74 Å². The normalized spacial score (nSPS) is 14.3. The summed E-state index contributed by atoms with van der Waals surface area (Å²) in [6.07, 6.45) is 1.73. The lowest BCUT2D eigenvalue weighted by molar-refractivity contribution is 0.122. The molecule has 0 saturated carbocycles. The van der Waals surface area contributed by atoms with Crippen molar-refractivity contribution in [1.29, 1.82) is 0 Å². The molecule has 3 aromatic heterocycles. The van der Waals surface area contributed by atoms with Gasteiger partial charge in [0.2, 0.25) is 5.95 Å². The van der Waals surface area contributed by atoms with Gasteiger partial charge in [-0.3, -0.25) is 13.8 Å². The molecular weight excluding hydrogens is 412 g/mol. The Morgan fingerprint density at radius 3 is 2.77 bits per heavy atom. The average Bonchev–Trinajstić information content (AvgIpc) is 3.22. The van der Waals surface area contributed by atoms with Gasteiger partial charge < -0.3 is 9.64 Å². The zero-order valence-electron chi connectivity index (χ0n) is 17.1. The number of aryl methyl sites for hydroxylation is 1. The van der Waals surface area contributed by atoms with Gasteiger partial charge in [0.15, 0.2) is 5.16 Å². The van der Waals surface area contributed by atoms with Crippen LogP contribution in [0.3, 0.4) is 0 Å². The summed E-state index contributed by atoms with van der Waals surface area (Å²) in [5.74, 6) is 1.33. The van der Waals surface area contributed by atoms with Gasteiger partial charge in [0, 0.05) is 31.1 Å². The summed E-state index contributed by atoms with van der Waals surface area (Å²) in [7, 11) is 0. The van der Waals surface area contributed by atoms with Crippen LogP contribution in [0.1, 0.15) is 11.3 Å². The minimum Gasteiger partial charge on any atom is -0.378 e. The first-order chi connectivity index (χ1) is 15.2.